The Bertz CT molecular complexity index is 1290. The van der Waals surface area contributed by atoms with Gasteiger partial charge in [0.2, 0.25) is 0 Å². The minimum Gasteiger partial charge on any atom is -0.394 e. The zero-order valence-corrected chi connectivity index (χ0v) is 23.0. The van der Waals surface area contributed by atoms with E-state index in [1.165, 1.54) is 12.8 Å². The maximum Gasteiger partial charge on any atom is 0.258 e. The van der Waals surface area contributed by atoms with Crippen molar-refractivity contribution in [2.24, 2.45) is 5.41 Å². The highest BCUT2D eigenvalue weighted by atomic mass is 32.2. The summed E-state index contributed by atoms with van der Waals surface area (Å²) in [6.07, 6.45) is 5.99. The van der Waals surface area contributed by atoms with E-state index in [1.807, 2.05) is 30.3 Å². The third kappa shape index (κ3) is 5.71. The lowest BCUT2D eigenvalue weighted by molar-refractivity contribution is 0.00337. The summed E-state index contributed by atoms with van der Waals surface area (Å²) in [6, 6.07) is 11.2. The molecule has 1 aromatic carbocycles. The average molecular weight is 556 g/mol. The first-order valence-electron chi connectivity index (χ1n) is 13.9. The van der Waals surface area contributed by atoms with Gasteiger partial charge in [-0.3, -0.25) is 4.79 Å². The normalized spacial score (nSPS) is 23.1. The lowest BCUT2D eigenvalue weighted by Gasteiger charge is -2.35. The van der Waals surface area contributed by atoms with Crippen molar-refractivity contribution in [2.75, 3.05) is 66.4 Å². The van der Waals surface area contributed by atoms with Crippen LogP contribution in [-0.4, -0.2) is 81.2 Å². The van der Waals surface area contributed by atoms with E-state index in [4.69, 9.17) is 4.74 Å². The predicted molar refractivity (Wildman–Crippen MR) is 152 cm³/mol. The Balaban J connectivity index is 1.21. The second-order valence-corrected chi connectivity index (χ2v) is 13.0. The maximum atomic E-state index is 13.6. The molecule has 3 N–H and O–H groups in total. The van der Waals surface area contributed by atoms with E-state index in [0.29, 0.717) is 55.9 Å². The van der Waals surface area contributed by atoms with E-state index in [2.05, 4.69) is 25.4 Å². The van der Waals surface area contributed by atoms with Crippen LogP contribution in [0.25, 0.3) is 0 Å². The lowest BCUT2D eigenvalue weighted by Crippen LogP contribution is -2.44. The summed E-state index contributed by atoms with van der Waals surface area (Å²) in [7, 11) is -2.48. The van der Waals surface area contributed by atoms with Crippen LogP contribution in [0.2, 0.25) is 0 Å². The molecular formula is C28H37N5O5S. The molecule has 3 heterocycles. The molecule has 2 aliphatic carbocycles. The molecule has 10 nitrogen and oxygen atoms in total. The van der Waals surface area contributed by atoms with Gasteiger partial charge >= 0.3 is 0 Å². The maximum absolute atomic E-state index is 13.6. The molecular weight excluding hydrogens is 518 g/mol. The topological polar surface area (TPSA) is 124 Å². The fourth-order valence-corrected chi connectivity index (χ4v) is 6.40. The Morgan fingerprint density at radius 3 is 2.54 bits per heavy atom. The van der Waals surface area contributed by atoms with Gasteiger partial charge in [-0.1, -0.05) is 6.07 Å². The number of morpholine rings is 1. The van der Waals surface area contributed by atoms with E-state index in [0.717, 1.165) is 43.1 Å². The molecule has 2 saturated heterocycles. The third-order valence-corrected chi connectivity index (χ3v) is 10.2. The molecule has 6 rings (SSSR count). The molecule has 1 amide bonds. The number of aliphatic hydroxyl groups excluding tert-OH is 1. The second kappa shape index (κ2) is 10.6. The van der Waals surface area contributed by atoms with Gasteiger partial charge in [0.1, 0.15) is 22.3 Å². The fraction of sp³-hybridized carbons (Fsp3) is 0.571. The Kier molecular flexibility index (Phi) is 7.15. The van der Waals surface area contributed by atoms with Crippen LogP contribution in [0.15, 0.2) is 36.4 Å². The fourth-order valence-electron chi connectivity index (χ4n) is 5.72. The van der Waals surface area contributed by atoms with Crippen LogP contribution in [0.1, 0.15) is 48.9 Å². The number of carbonyl (C=O) groups is 1. The van der Waals surface area contributed by atoms with Crippen LogP contribution in [0.5, 0.6) is 0 Å². The van der Waals surface area contributed by atoms with Gasteiger partial charge < -0.3 is 30.3 Å². The van der Waals surface area contributed by atoms with Crippen LogP contribution < -0.4 is 20.4 Å². The Morgan fingerprint density at radius 2 is 1.85 bits per heavy atom. The highest BCUT2D eigenvalue weighted by Gasteiger charge is 2.47. The van der Waals surface area contributed by atoms with Crippen molar-refractivity contribution in [1.82, 2.24) is 4.98 Å². The van der Waals surface area contributed by atoms with Crippen molar-refractivity contribution in [3.05, 3.63) is 42.0 Å². The summed E-state index contributed by atoms with van der Waals surface area (Å²) < 4.78 is 28.3. The molecule has 1 aromatic heterocycles. The van der Waals surface area contributed by atoms with Gasteiger partial charge in [0.05, 0.1) is 35.3 Å². The molecule has 0 bridgehead atoms. The highest BCUT2D eigenvalue weighted by Crippen LogP contribution is 2.54. The number of aromatic nitrogens is 1. The third-order valence-electron chi connectivity index (χ3n) is 8.84. The molecule has 1 atom stereocenters. The molecule has 4 fully saturated rings. The summed E-state index contributed by atoms with van der Waals surface area (Å²) in [6.45, 7) is 3.85. The van der Waals surface area contributed by atoms with Gasteiger partial charge in [-0.25, -0.2) is 13.4 Å². The largest absolute Gasteiger partial charge is 0.394 e. The van der Waals surface area contributed by atoms with Gasteiger partial charge in [-0.15, -0.1) is 0 Å². The molecule has 11 heteroatoms. The molecule has 39 heavy (non-hydrogen) atoms. The van der Waals surface area contributed by atoms with Crippen molar-refractivity contribution in [2.45, 2.75) is 49.4 Å². The number of amides is 1. The van der Waals surface area contributed by atoms with Gasteiger partial charge in [-0.05, 0) is 74.3 Å². The van der Waals surface area contributed by atoms with E-state index < -0.39 is 15.5 Å². The molecule has 0 unspecified atom stereocenters. The number of ether oxygens (including phenoxy) is 1. The molecule has 2 saturated carbocycles. The SMILES string of the molecule is O=C(Nc1cccc(N2CCO[C@@H](CO)C2)n1)c1ccc(NCC2([SH](=O)=O)CC2)cc1N1CCC2(CC1)CC2. The molecule has 1 spiro atoms. The number of hydrogen-bond acceptors (Lipinski definition) is 9. The minimum atomic E-state index is -2.48. The number of pyridine rings is 1. The number of aliphatic hydroxyl groups is 1. The van der Waals surface area contributed by atoms with Crippen molar-refractivity contribution < 1.29 is 23.1 Å². The summed E-state index contributed by atoms with van der Waals surface area (Å²) in [4.78, 5) is 22.6. The molecule has 0 radical (unpaired) electrons. The summed E-state index contributed by atoms with van der Waals surface area (Å²) in [5, 5.41) is 15.8. The van der Waals surface area contributed by atoms with Crippen LogP contribution >= 0.6 is 0 Å². The molecule has 2 aromatic rings. The van der Waals surface area contributed by atoms with Crippen molar-refractivity contribution in [3.8, 4) is 0 Å². The van der Waals surface area contributed by atoms with Gasteiger partial charge in [0.25, 0.3) is 5.91 Å². The monoisotopic (exact) mass is 555 g/mol. The molecule has 210 valence electrons. The number of thiol groups is 1. The Morgan fingerprint density at radius 1 is 1.05 bits per heavy atom. The first-order chi connectivity index (χ1) is 18.9. The standard InChI is InChI=1S/C28H37N5O5S/c34-18-21-17-33(14-15-38-21)25-3-1-2-24(30-25)31-26(35)22-5-4-20(29-19-28(8-9-28)39(36)37)16-23(22)32-12-10-27(6-7-27)11-13-32/h1-5,16,21,29,34,39H,6-15,17-19H2,(H,30,31,35)/t21-/m1/s1. The van der Waals surface area contributed by atoms with Gasteiger partial charge in [0.15, 0.2) is 0 Å². The zero-order chi connectivity index (χ0) is 27.0. The van der Waals surface area contributed by atoms with Crippen molar-refractivity contribution >= 4 is 39.6 Å². The van der Waals surface area contributed by atoms with E-state index >= 15 is 0 Å². The summed E-state index contributed by atoms with van der Waals surface area (Å²) >= 11 is 0. The Labute approximate surface area is 230 Å². The smallest absolute Gasteiger partial charge is 0.258 e. The summed E-state index contributed by atoms with van der Waals surface area (Å²) in [5.41, 5.74) is 2.76. The van der Waals surface area contributed by atoms with Gasteiger partial charge in [0, 0.05) is 38.4 Å². The number of anilines is 4. The zero-order valence-electron chi connectivity index (χ0n) is 22.1. The first-order valence-corrected chi connectivity index (χ1v) is 15.1. The number of nitrogens with one attached hydrogen (secondary N) is 2. The van der Waals surface area contributed by atoms with E-state index in [1.54, 1.807) is 6.07 Å². The van der Waals surface area contributed by atoms with Crippen LogP contribution in [0.3, 0.4) is 0 Å². The van der Waals surface area contributed by atoms with Crippen molar-refractivity contribution in [1.29, 1.82) is 0 Å². The van der Waals surface area contributed by atoms with Gasteiger partial charge in [-0.2, -0.15) is 0 Å². The quantitative estimate of drug-likeness (QED) is 0.346. The summed E-state index contributed by atoms with van der Waals surface area (Å²) in [5.74, 6) is 0.957. The number of hydrogen-bond donors (Lipinski definition) is 4. The average Bonchev–Trinajstić information content (AvgIpc) is 3.90. The number of benzene rings is 1. The first kappa shape index (κ1) is 26.3. The predicted octanol–water partition coefficient (Wildman–Crippen LogP) is 2.47. The number of piperidine rings is 1. The number of carbonyl (C=O) groups excluding carboxylic acids is 1. The van der Waals surface area contributed by atoms with Crippen LogP contribution in [0.4, 0.5) is 23.0 Å². The van der Waals surface area contributed by atoms with Crippen molar-refractivity contribution in [3.63, 3.8) is 0 Å². The molecule has 2 aliphatic heterocycles. The van der Waals surface area contributed by atoms with Crippen LogP contribution in [-0.2, 0) is 15.4 Å². The Hall–Kier alpha value is -2.89. The minimum absolute atomic E-state index is 0.0472. The number of rotatable bonds is 9. The highest BCUT2D eigenvalue weighted by molar-refractivity contribution is 7.74. The second-order valence-electron chi connectivity index (χ2n) is 11.5. The van der Waals surface area contributed by atoms with Crippen LogP contribution in [0, 0.1) is 5.41 Å². The van der Waals surface area contributed by atoms with E-state index in [9.17, 15) is 18.3 Å². The lowest BCUT2D eigenvalue weighted by atomic mass is 9.93. The van der Waals surface area contributed by atoms with E-state index in [-0.39, 0.29) is 18.6 Å². The molecule has 4 aliphatic rings. The number of nitrogens with zero attached hydrogens (tertiary/aromatic N) is 3.